The van der Waals surface area contributed by atoms with E-state index in [9.17, 15) is 0 Å². The van der Waals surface area contributed by atoms with Gasteiger partial charge in [0, 0.05) is 0 Å². The lowest BCUT2D eigenvalue weighted by atomic mass is 10.1. The molecule has 3 aromatic carbocycles. The average Bonchev–Trinajstić information content (AvgIpc) is 2.77. The number of rotatable bonds is 9. The number of hydrogen-bond donors (Lipinski definition) is 0. The maximum absolute atomic E-state index is 4.22. The molecule has 0 N–H and O–H groups in total. The molecule has 0 aliphatic rings. The van der Waals surface area contributed by atoms with Crippen molar-refractivity contribution in [2.24, 2.45) is 0 Å². The van der Waals surface area contributed by atoms with Crippen LogP contribution < -0.4 is 15.9 Å². The first-order valence-electron chi connectivity index (χ1n) is 10.2. The molecule has 0 unspecified atom stereocenters. The monoisotopic (exact) mass is 451 g/mol. The van der Waals surface area contributed by atoms with Crippen molar-refractivity contribution in [1.82, 2.24) is 0 Å². The van der Waals surface area contributed by atoms with Crippen molar-refractivity contribution in [3.63, 3.8) is 0 Å². The van der Waals surface area contributed by atoms with Crippen molar-refractivity contribution >= 4 is 43.4 Å². The van der Waals surface area contributed by atoms with Crippen molar-refractivity contribution in [3.05, 3.63) is 96.6 Å². The molecule has 144 valence electrons. The zero-order chi connectivity index (χ0) is 19.7. The second-order valence-corrected chi connectivity index (χ2v) is 13.0. The van der Waals surface area contributed by atoms with Crippen LogP contribution in [0.4, 0.5) is 0 Å². The van der Waals surface area contributed by atoms with Gasteiger partial charge in [0.15, 0.2) is 21.5 Å². The summed E-state index contributed by atoms with van der Waals surface area (Å²) in [6, 6.07) is 30.7. The van der Waals surface area contributed by atoms with E-state index in [0.717, 1.165) is 0 Å². The minimum absolute atomic E-state index is 1.17. The summed E-state index contributed by atoms with van der Waals surface area (Å²) in [5.41, 5.74) is 1.28. The van der Waals surface area contributed by atoms with Crippen LogP contribution in [0.1, 0.15) is 44.6 Å². The largest absolute Gasteiger partial charge is 0.181 e. The van der Waals surface area contributed by atoms with E-state index in [2.05, 4.69) is 119 Å². The number of unbranched alkanes of at least 4 members (excludes halogenated alkanes) is 4. The molecular formula is C26H29BrP+. The Morgan fingerprint density at radius 1 is 0.679 bits per heavy atom. The maximum atomic E-state index is 4.22. The molecule has 0 heterocycles. The zero-order valence-electron chi connectivity index (χ0n) is 16.6. The van der Waals surface area contributed by atoms with E-state index in [1.54, 1.807) is 0 Å². The average molecular weight is 452 g/mol. The fourth-order valence-electron chi connectivity index (χ4n) is 3.41. The van der Waals surface area contributed by atoms with E-state index in [1.807, 2.05) is 0 Å². The van der Waals surface area contributed by atoms with Gasteiger partial charge in [-0.3, -0.25) is 0 Å². The molecule has 0 aromatic heterocycles. The summed E-state index contributed by atoms with van der Waals surface area (Å²) in [5.74, 6) is -1.80. The van der Waals surface area contributed by atoms with Gasteiger partial charge in [0.25, 0.3) is 0 Å². The van der Waals surface area contributed by atoms with Gasteiger partial charge in [-0.15, -0.1) is 0 Å². The highest BCUT2D eigenvalue weighted by molar-refractivity contribution is 9.44. The van der Waals surface area contributed by atoms with Crippen LogP contribution in [0.3, 0.4) is 0 Å². The van der Waals surface area contributed by atoms with Crippen LogP contribution in [0.25, 0.3) is 6.08 Å². The third-order valence-corrected chi connectivity index (χ3v) is 11.7. The molecule has 3 rings (SSSR count). The van der Waals surface area contributed by atoms with Gasteiger partial charge < -0.3 is 0 Å². The second kappa shape index (κ2) is 10.7. The van der Waals surface area contributed by atoms with E-state index >= 15 is 0 Å². The summed E-state index contributed by atoms with van der Waals surface area (Å²) in [5, 5.41) is 4.05. The predicted octanol–water partition coefficient (Wildman–Crippen LogP) is 7.27. The summed E-state index contributed by atoms with van der Waals surface area (Å²) < 4.78 is 0. The minimum Gasteiger partial charge on any atom is -0.0839 e. The Kier molecular flexibility index (Phi) is 8.07. The standard InChI is InChI=1S/C26H29BrP/c1-2-3-4-5-6-9-14-23-19-21-26(22-20-23)28(27,24-15-10-7-11-16-24)25-17-12-8-13-18-25/h7-22H,2-6H2,1H3/q+1/b14-9+. The van der Waals surface area contributed by atoms with Gasteiger partial charge in [0.1, 0.15) is 15.9 Å². The van der Waals surface area contributed by atoms with Crippen molar-refractivity contribution in [3.8, 4) is 0 Å². The Labute approximate surface area is 178 Å². The molecule has 0 atom stereocenters. The van der Waals surface area contributed by atoms with E-state index in [-0.39, 0.29) is 0 Å². The van der Waals surface area contributed by atoms with Crippen LogP contribution in [-0.2, 0) is 0 Å². The van der Waals surface area contributed by atoms with Crippen molar-refractivity contribution < 1.29 is 0 Å². The first kappa shape index (κ1) is 21.0. The van der Waals surface area contributed by atoms with Crippen molar-refractivity contribution in [1.29, 1.82) is 0 Å². The summed E-state index contributed by atoms with van der Waals surface area (Å²) in [7, 11) is 0. The molecule has 0 nitrogen and oxygen atoms in total. The maximum Gasteiger partial charge on any atom is 0.181 e. The van der Waals surface area contributed by atoms with Crippen LogP contribution in [0, 0.1) is 0 Å². The third kappa shape index (κ3) is 5.22. The topological polar surface area (TPSA) is 0 Å². The van der Waals surface area contributed by atoms with E-state index in [4.69, 9.17) is 0 Å². The summed E-state index contributed by atoms with van der Waals surface area (Å²) in [4.78, 5) is 0. The molecule has 0 saturated heterocycles. The smallest absolute Gasteiger partial charge is 0.0839 e. The van der Waals surface area contributed by atoms with Crippen molar-refractivity contribution in [2.75, 3.05) is 0 Å². The van der Waals surface area contributed by atoms with Crippen LogP contribution in [0.2, 0.25) is 0 Å². The highest BCUT2D eigenvalue weighted by Crippen LogP contribution is 2.62. The molecular weight excluding hydrogens is 423 g/mol. The van der Waals surface area contributed by atoms with Crippen molar-refractivity contribution in [2.45, 2.75) is 39.0 Å². The highest BCUT2D eigenvalue weighted by Gasteiger charge is 2.43. The van der Waals surface area contributed by atoms with Gasteiger partial charge in [-0.2, -0.15) is 0 Å². The second-order valence-electron chi connectivity index (χ2n) is 7.10. The quantitative estimate of drug-likeness (QED) is 0.237. The lowest BCUT2D eigenvalue weighted by molar-refractivity contribution is 0.675. The van der Waals surface area contributed by atoms with Crippen LogP contribution >= 0.6 is 21.5 Å². The predicted molar refractivity (Wildman–Crippen MR) is 132 cm³/mol. The molecule has 0 aliphatic heterocycles. The molecule has 0 radical (unpaired) electrons. The number of halogens is 1. The molecule has 0 amide bonds. The van der Waals surface area contributed by atoms with Gasteiger partial charge in [-0.05, 0) is 54.8 Å². The molecule has 2 heteroatoms. The summed E-state index contributed by atoms with van der Waals surface area (Å²) in [6.07, 6.45) is 11.0. The molecule has 0 bridgehead atoms. The molecule has 0 aliphatic carbocycles. The normalized spacial score (nSPS) is 11.8. The first-order valence-corrected chi connectivity index (χ1v) is 14.0. The van der Waals surface area contributed by atoms with Gasteiger partial charge in [-0.1, -0.05) is 86.9 Å². The lowest BCUT2D eigenvalue weighted by Gasteiger charge is -2.20. The molecule has 3 aromatic rings. The Balaban J connectivity index is 1.83. The van der Waals surface area contributed by atoms with E-state index in [0.29, 0.717) is 0 Å². The van der Waals surface area contributed by atoms with Gasteiger partial charge >= 0.3 is 0 Å². The minimum atomic E-state index is -1.80. The van der Waals surface area contributed by atoms with Gasteiger partial charge in [0.05, 0.1) is 0 Å². The molecule has 0 fully saturated rings. The molecule has 28 heavy (non-hydrogen) atoms. The first-order chi connectivity index (χ1) is 13.7. The number of hydrogen-bond acceptors (Lipinski definition) is 0. The molecule has 0 saturated carbocycles. The van der Waals surface area contributed by atoms with E-state index in [1.165, 1.54) is 53.6 Å². The lowest BCUT2D eigenvalue weighted by Crippen LogP contribution is -2.26. The van der Waals surface area contributed by atoms with Gasteiger partial charge in [-0.25, -0.2) is 0 Å². The number of benzene rings is 3. The fraction of sp³-hybridized carbons (Fsp3) is 0.231. The fourth-order valence-corrected chi connectivity index (χ4v) is 8.16. The Morgan fingerprint density at radius 2 is 1.21 bits per heavy atom. The van der Waals surface area contributed by atoms with Crippen LogP contribution in [-0.4, -0.2) is 0 Å². The van der Waals surface area contributed by atoms with E-state index < -0.39 is 5.96 Å². The Morgan fingerprint density at radius 3 is 1.75 bits per heavy atom. The Hall–Kier alpha value is -1.69. The Bertz CT molecular complexity index is 814. The van der Waals surface area contributed by atoms with Gasteiger partial charge in [0.2, 0.25) is 0 Å². The highest BCUT2D eigenvalue weighted by atomic mass is 79.9. The zero-order valence-corrected chi connectivity index (χ0v) is 19.1. The summed E-state index contributed by atoms with van der Waals surface area (Å²) in [6.45, 7) is 2.26. The van der Waals surface area contributed by atoms with Crippen LogP contribution in [0.5, 0.6) is 0 Å². The van der Waals surface area contributed by atoms with Crippen LogP contribution in [0.15, 0.2) is 91.0 Å². The number of allylic oxidation sites excluding steroid dienone is 1. The SMILES string of the molecule is CCCCCC/C=C/c1ccc([P+](Br)(c2ccccc2)c2ccccc2)cc1. The molecule has 0 spiro atoms. The summed E-state index contributed by atoms with van der Waals surface area (Å²) >= 11 is 4.22. The third-order valence-electron chi connectivity index (χ3n) is 5.01.